The van der Waals surface area contributed by atoms with Crippen molar-refractivity contribution < 1.29 is 42.1 Å². The molecule has 0 aliphatic carbocycles. The molecule has 0 aromatic heterocycles. The molecule has 0 fully saturated rings. The molecule has 11 heteroatoms. The molecular formula is C22H27F3N2O6. The number of amides is 1. The zero-order valence-corrected chi connectivity index (χ0v) is 17.9. The van der Waals surface area contributed by atoms with Crippen LogP contribution in [0.15, 0.2) is 49.6 Å². The second-order valence-electron chi connectivity index (χ2n) is 6.91. The second kappa shape index (κ2) is 13.9. The molecule has 0 saturated carbocycles. The maximum Gasteiger partial charge on any atom is 0.401 e. The lowest BCUT2D eigenvalue weighted by Crippen LogP contribution is -2.53. The molecule has 0 heterocycles. The summed E-state index contributed by atoms with van der Waals surface area (Å²) in [4.78, 5) is 36.8. The Morgan fingerprint density at radius 3 is 2.21 bits per heavy atom. The smallest absolute Gasteiger partial charge is 0.401 e. The van der Waals surface area contributed by atoms with Crippen LogP contribution in [0.5, 0.6) is 5.75 Å². The molecule has 3 N–H and O–H groups in total. The quantitative estimate of drug-likeness (QED) is 0.281. The molecule has 0 saturated heterocycles. The van der Waals surface area contributed by atoms with E-state index in [0.29, 0.717) is 5.56 Å². The van der Waals surface area contributed by atoms with Crippen LogP contribution in [0.1, 0.15) is 18.4 Å². The molecule has 2 atom stereocenters. The van der Waals surface area contributed by atoms with Gasteiger partial charge in [0.25, 0.3) is 0 Å². The number of nitrogens with one attached hydrogen (secondary N) is 2. The highest BCUT2D eigenvalue weighted by atomic mass is 19.4. The van der Waals surface area contributed by atoms with Crippen molar-refractivity contribution in [3.8, 4) is 5.75 Å². The molecule has 182 valence electrons. The first-order valence-corrected chi connectivity index (χ1v) is 9.98. The zero-order chi connectivity index (χ0) is 24.9. The van der Waals surface area contributed by atoms with E-state index in [1.807, 2.05) is 0 Å². The van der Waals surface area contributed by atoms with E-state index in [0.717, 1.165) is 0 Å². The Bertz CT molecular complexity index is 811. The third kappa shape index (κ3) is 11.7. The minimum Gasteiger partial charge on any atom is -0.508 e. The molecule has 0 spiro atoms. The summed E-state index contributed by atoms with van der Waals surface area (Å²) in [5, 5.41) is 13.9. The average molecular weight is 472 g/mol. The predicted octanol–water partition coefficient (Wildman–Crippen LogP) is 2.18. The van der Waals surface area contributed by atoms with Crippen LogP contribution in [0.25, 0.3) is 0 Å². The number of phenolic OH excluding ortho intramolecular Hbond substituents is 1. The molecule has 1 rings (SSSR count). The van der Waals surface area contributed by atoms with Crippen molar-refractivity contribution in [2.45, 2.75) is 37.5 Å². The van der Waals surface area contributed by atoms with Gasteiger partial charge in [0.2, 0.25) is 5.91 Å². The number of hydrogen-bond donors (Lipinski definition) is 3. The fraction of sp³-hybridized carbons (Fsp3) is 0.409. The van der Waals surface area contributed by atoms with Gasteiger partial charge in [-0.15, -0.1) is 0 Å². The van der Waals surface area contributed by atoms with Crippen LogP contribution in [0.2, 0.25) is 0 Å². The maximum atomic E-state index is 12.8. The summed E-state index contributed by atoms with van der Waals surface area (Å²) in [5.74, 6) is -2.47. The second-order valence-corrected chi connectivity index (χ2v) is 6.91. The number of carbonyl (C=O) groups excluding carboxylic acids is 3. The Morgan fingerprint density at radius 2 is 1.64 bits per heavy atom. The van der Waals surface area contributed by atoms with Gasteiger partial charge in [0.15, 0.2) is 0 Å². The number of phenols is 1. The van der Waals surface area contributed by atoms with Gasteiger partial charge in [-0.3, -0.25) is 14.9 Å². The molecule has 0 aliphatic heterocycles. The number of carbonyl (C=O) groups is 3. The lowest BCUT2D eigenvalue weighted by atomic mass is 10.0. The first-order valence-electron chi connectivity index (χ1n) is 9.98. The van der Waals surface area contributed by atoms with Gasteiger partial charge in [-0.05, 0) is 30.5 Å². The fourth-order valence-electron chi connectivity index (χ4n) is 2.61. The third-order valence-corrected chi connectivity index (χ3v) is 4.19. The fourth-order valence-corrected chi connectivity index (χ4v) is 2.61. The van der Waals surface area contributed by atoms with E-state index in [4.69, 9.17) is 9.47 Å². The molecule has 1 aromatic carbocycles. The van der Waals surface area contributed by atoms with E-state index >= 15 is 0 Å². The monoisotopic (exact) mass is 472 g/mol. The molecule has 0 radical (unpaired) electrons. The van der Waals surface area contributed by atoms with Gasteiger partial charge in [0, 0.05) is 6.42 Å². The Labute approximate surface area is 189 Å². The van der Waals surface area contributed by atoms with Crippen molar-refractivity contribution in [3.05, 3.63) is 55.1 Å². The Kier molecular flexibility index (Phi) is 11.7. The molecule has 0 aliphatic rings. The molecule has 1 aromatic rings. The number of hydrogen-bond acceptors (Lipinski definition) is 7. The van der Waals surface area contributed by atoms with E-state index in [-0.39, 0.29) is 38.2 Å². The molecule has 1 amide bonds. The summed E-state index contributed by atoms with van der Waals surface area (Å²) in [6, 6.07) is 2.91. The topological polar surface area (TPSA) is 114 Å². The number of rotatable bonds is 14. The van der Waals surface area contributed by atoms with Crippen LogP contribution < -0.4 is 10.6 Å². The van der Waals surface area contributed by atoms with E-state index in [1.54, 1.807) is 0 Å². The number of aromatic hydroxyl groups is 1. The molecule has 8 nitrogen and oxygen atoms in total. The van der Waals surface area contributed by atoms with Crippen molar-refractivity contribution in [1.82, 2.24) is 10.6 Å². The van der Waals surface area contributed by atoms with Crippen molar-refractivity contribution in [3.63, 3.8) is 0 Å². The van der Waals surface area contributed by atoms with E-state index < -0.39 is 42.7 Å². The largest absolute Gasteiger partial charge is 0.508 e. The third-order valence-electron chi connectivity index (χ3n) is 4.19. The summed E-state index contributed by atoms with van der Waals surface area (Å²) in [7, 11) is 0. The molecule has 33 heavy (non-hydrogen) atoms. The van der Waals surface area contributed by atoms with Crippen LogP contribution in [-0.4, -0.2) is 61.0 Å². The lowest BCUT2D eigenvalue weighted by molar-refractivity contribution is -0.149. The van der Waals surface area contributed by atoms with Crippen molar-refractivity contribution in [2.24, 2.45) is 0 Å². The van der Waals surface area contributed by atoms with Crippen LogP contribution in [0.3, 0.4) is 0 Å². The normalized spacial score (nSPS) is 12.8. The van der Waals surface area contributed by atoms with Gasteiger partial charge in [-0.25, -0.2) is 4.79 Å². The van der Waals surface area contributed by atoms with Crippen molar-refractivity contribution >= 4 is 17.8 Å². The Morgan fingerprint density at radius 1 is 1.03 bits per heavy atom. The first-order chi connectivity index (χ1) is 15.6. The number of ether oxygens (including phenoxy) is 2. The minimum absolute atomic E-state index is 0.0349. The summed E-state index contributed by atoms with van der Waals surface area (Å²) in [5.41, 5.74) is 0.474. The van der Waals surface area contributed by atoms with Crippen LogP contribution in [0.4, 0.5) is 13.2 Å². The molecule has 0 unspecified atom stereocenters. The van der Waals surface area contributed by atoms with Crippen LogP contribution in [-0.2, 0) is 30.3 Å². The van der Waals surface area contributed by atoms with Gasteiger partial charge in [-0.2, -0.15) is 13.2 Å². The summed E-state index contributed by atoms with van der Waals surface area (Å²) < 4.78 is 48.0. The Balaban J connectivity index is 2.95. The molecular weight excluding hydrogens is 445 g/mol. The van der Waals surface area contributed by atoms with E-state index in [9.17, 15) is 32.7 Å². The SMILES string of the molecule is C=CCOC(=O)CC[C@H](NC(=O)[C@H](Cc1ccc(O)cc1)NCC(F)(F)F)C(=O)OCC=C. The summed E-state index contributed by atoms with van der Waals surface area (Å²) in [6.07, 6.45) is -2.52. The first kappa shape index (κ1) is 27.7. The lowest BCUT2D eigenvalue weighted by Gasteiger charge is -2.23. The maximum absolute atomic E-state index is 12.8. The zero-order valence-electron chi connectivity index (χ0n) is 17.9. The minimum atomic E-state index is -4.58. The number of esters is 2. The van der Waals surface area contributed by atoms with Gasteiger partial charge in [-0.1, -0.05) is 37.4 Å². The van der Waals surface area contributed by atoms with Crippen LogP contribution in [0, 0.1) is 0 Å². The summed E-state index contributed by atoms with van der Waals surface area (Å²) >= 11 is 0. The van der Waals surface area contributed by atoms with Gasteiger partial charge >= 0.3 is 18.1 Å². The predicted molar refractivity (Wildman–Crippen MR) is 113 cm³/mol. The Hall–Kier alpha value is -3.34. The summed E-state index contributed by atoms with van der Waals surface area (Å²) in [6.45, 7) is 5.18. The highest BCUT2D eigenvalue weighted by Gasteiger charge is 2.32. The van der Waals surface area contributed by atoms with Crippen LogP contribution >= 0.6 is 0 Å². The van der Waals surface area contributed by atoms with Gasteiger partial charge in [0.1, 0.15) is 25.0 Å². The average Bonchev–Trinajstić information content (AvgIpc) is 2.76. The number of halogens is 3. The molecule has 0 bridgehead atoms. The van der Waals surface area contributed by atoms with Gasteiger partial charge < -0.3 is 19.9 Å². The number of benzene rings is 1. The van der Waals surface area contributed by atoms with Gasteiger partial charge in [0.05, 0.1) is 12.6 Å². The van der Waals surface area contributed by atoms with E-state index in [1.165, 1.54) is 36.4 Å². The standard InChI is InChI=1S/C22H27F3N2O6/c1-3-11-32-19(29)10-9-17(21(31)33-12-4-2)27-20(30)18(26-14-22(23,24)25)13-15-5-7-16(28)8-6-15/h3-8,17-18,26,28H,1-2,9-14H2,(H,27,30)/t17-,18-/m0/s1. The number of alkyl halides is 3. The van der Waals surface area contributed by atoms with Crippen molar-refractivity contribution in [2.75, 3.05) is 19.8 Å². The van der Waals surface area contributed by atoms with E-state index in [2.05, 4.69) is 23.8 Å². The highest BCUT2D eigenvalue weighted by Crippen LogP contribution is 2.15. The van der Waals surface area contributed by atoms with Crippen molar-refractivity contribution in [1.29, 1.82) is 0 Å². The highest BCUT2D eigenvalue weighted by molar-refractivity contribution is 5.88.